The minimum Gasteiger partial charge on any atom is -0.353 e. The summed E-state index contributed by atoms with van der Waals surface area (Å²) in [6.07, 6.45) is 6.72. The molecule has 0 aromatic heterocycles. The van der Waals surface area contributed by atoms with Crippen LogP contribution in [-0.2, 0) is 11.2 Å². The second kappa shape index (κ2) is 6.53. The Balaban J connectivity index is 1.76. The van der Waals surface area contributed by atoms with Gasteiger partial charge >= 0.3 is 0 Å². The molecule has 1 N–H and O–H groups in total. The SMILES string of the molecule is O=C(CCc1ccccc1F)NC1CCCCC1. The van der Waals surface area contributed by atoms with E-state index >= 15 is 0 Å². The molecule has 1 amide bonds. The highest BCUT2D eigenvalue weighted by molar-refractivity contribution is 5.76. The van der Waals surface area contributed by atoms with E-state index in [9.17, 15) is 9.18 Å². The summed E-state index contributed by atoms with van der Waals surface area (Å²) in [6.45, 7) is 0. The largest absolute Gasteiger partial charge is 0.353 e. The van der Waals surface area contributed by atoms with Gasteiger partial charge in [-0.05, 0) is 30.9 Å². The molecule has 1 saturated carbocycles. The zero-order valence-electron chi connectivity index (χ0n) is 10.6. The Morgan fingerprint density at radius 1 is 1.22 bits per heavy atom. The molecule has 1 aromatic rings. The van der Waals surface area contributed by atoms with Crippen LogP contribution in [0.1, 0.15) is 44.1 Å². The Morgan fingerprint density at radius 3 is 2.67 bits per heavy atom. The van der Waals surface area contributed by atoms with E-state index in [0.717, 1.165) is 12.8 Å². The third-order valence-corrected chi connectivity index (χ3v) is 3.55. The Labute approximate surface area is 108 Å². The van der Waals surface area contributed by atoms with E-state index in [4.69, 9.17) is 0 Å². The van der Waals surface area contributed by atoms with Crippen molar-refractivity contribution in [3.8, 4) is 0 Å². The predicted octanol–water partition coefficient (Wildman–Crippen LogP) is 3.21. The summed E-state index contributed by atoms with van der Waals surface area (Å²) in [5.74, 6) is -0.173. The number of amides is 1. The van der Waals surface area contributed by atoms with E-state index in [0.29, 0.717) is 24.4 Å². The van der Waals surface area contributed by atoms with Crippen LogP contribution in [0.2, 0.25) is 0 Å². The molecular weight excluding hydrogens is 229 g/mol. The van der Waals surface area contributed by atoms with E-state index in [-0.39, 0.29) is 11.7 Å². The summed E-state index contributed by atoms with van der Waals surface area (Å²) in [6, 6.07) is 6.99. The van der Waals surface area contributed by atoms with E-state index < -0.39 is 0 Å². The zero-order valence-corrected chi connectivity index (χ0v) is 10.6. The van der Waals surface area contributed by atoms with Crippen molar-refractivity contribution in [3.63, 3.8) is 0 Å². The Hall–Kier alpha value is -1.38. The standard InChI is InChI=1S/C15H20FNO/c16-14-9-5-4-6-12(14)10-11-15(18)17-13-7-2-1-3-8-13/h4-6,9,13H,1-3,7-8,10-11H2,(H,17,18). The molecule has 0 aliphatic heterocycles. The number of rotatable bonds is 4. The van der Waals surface area contributed by atoms with Crippen LogP contribution < -0.4 is 5.32 Å². The summed E-state index contributed by atoms with van der Waals surface area (Å²) in [5, 5.41) is 3.05. The average Bonchev–Trinajstić information content (AvgIpc) is 2.39. The molecule has 1 aromatic carbocycles. The van der Waals surface area contributed by atoms with Crippen molar-refractivity contribution in [1.82, 2.24) is 5.32 Å². The predicted molar refractivity (Wildman–Crippen MR) is 69.7 cm³/mol. The van der Waals surface area contributed by atoms with Crippen LogP contribution in [-0.4, -0.2) is 11.9 Å². The van der Waals surface area contributed by atoms with Crippen molar-refractivity contribution in [3.05, 3.63) is 35.6 Å². The van der Waals surface area contributed by atoms with Crippen LogP contribution in [0.4, 0.5) is 4.39 Å². The minimum absolute atomic E-state index is 0.0464. The van der Waals surface area contributed by atoms with Crippen LogP contribution in [0.25, 0.3) is 0 Å². The van der Waals surface area contributed by atoms with E-state index in [2.05, 4.69) is 5.32 Å². The van der Waals surface area contributed by atoms with Crippen molar-refractivity contribution in [2.75, 3.05) is 0 Å². The molecule has 0 atom stereocenters. The van der Waals surface area contributed by atoms with Gasteiger partial charge in [0.05, 0.1) is 0 Å². The molecule has 1 fully saturated rings. The van der Waals surface area contributed by atoms with Gasteiger partial charge in [-0.1, -0.05) is 37.5 Å². The fourth-order valence-electron chi connectivity index (χ4n) is 2.50. The van der Waals surface area contributed by atoms with Crippen LogP contribution in [0.3, 0.4) is 0 Å². The molecule has 1 aliphatic carbocycles. The normalized spacial score (nSPS) is 16.5. The van der Waals surface area contributed by atoms with Gasteiger partial charge in [0.2, 0.25) is 5.91 Å². The summed E-state index contributed by atoms with van der Waals surface area (Å²) in [5.41, 5.74) is 0.622. The highest BCUT2D eigenvalue weighted by Gasteiger charge is 2.15. The summed E-state index contributed by atoms with van der Waals surface area (Å²) in [4.78, 5) is 11.8. The lowest BCUT2D eigenvalue weighted by molar-refractivity contribution is -0.121. The first-order valence-corrected chi connectivity index (χ1v) is 6.78. The zero-order chi connectivity index (χ0) is 12.8. The second-order valence-corrected chi connectivity index (χ2v) is 4.99. The highest BCUT2D eigenvalue weighted by Crippen LogP contribution is 2.17. The number of benzene rings is 1. The molecule has 98 valence electrons. The quantitative estimate of drug-likeness (QED) is 0.872. The second-order valence-electron chi connectivity index (χ2n) is 4.99. The number of hydrogen-bond donors (Lipinski definition) is 1. The highest BCUT2D eigenvalue weighted by atomic mass is 19.1. The molecule has 0 spiro atoms. The molecular formula is C15H20FNO. The van der Waals surface area contributed by atoms with Crippen LogP contribution in [0, 0.1) is 5.82 Å². The molecule has 0 radical (unpaired) electrons. The Kier molecular flexibility index (Phi) is 4.73. The van der Waals surface area contributed by atoms with Gasteiger partial charge in [0.25, 0.3) is 0 Å². The van der Waals surface area contributed by atoms with Gasteiger partial charge in [-0.2, -0.15) is 0 Å². The maximum absolute atomic E-state index is 13.4. The number of carbonyl (C=O) groups excluding carboxylic acids is 1. The van der Waals surface area contributed by atoms with E-state index in [1.165, 1.54) is 25.3 Å². The third kappa shape index (κ3) is 3.83. The summed E-state index contributed by atoms with van der Waals surface area (Å²) >= 11 is 0. The molecule has 2 rings (SSSR count). The number of carbonyl (C=O) groups is 1. The molecule has 0 saturated heterocycles. The fourth-order valence-corrected chi connectivity index (χ4v) is 2.50. The van der Waals surface area contributed by atoms with Crippen LogP contribution in [0.5, 0.6) is 0 Å². The number of aryl methyl sites for hydroxylation is 1. The monoisotopic (exact) mass is 249 g/mol. The van der Waals surface area contributed by atoms with Gasteiger partial charge in [-0.25, -0.2) is 4.39 Å². The van der Waals surface area contributed by atoms with Crippen LogP contribution in [0.15, 0.2) is 24.3 Å². The summed E-state index contributed by atoms with van der Waals surface area (Å²) in [7, 11) is 0. The molecule has 18 heavy (non-hydrogen) atoms. The van der Waals surface area contributed by atoms with Gasteiger partial charge in [0, 0.05) is 12.5 Å². The lowest BCUT2D eigenvalue weighted by Crippen LogP contribution is -2.36. The lowest BCUT2D eigenvalue weighted by Gasteiger charge is -2.22. The molecule has 2 nitrogen and oxygen atoms in total. The average molecular weight is 249 g/mol. The number of halogens is 1. The van der Waals surface area contributed by atoms with Crippen molar-refractivity contribution >= 4 is 5.91 Å². The van der Waals surface area contributed by atoms with E-state index in [1.807, 2.05) is 0 Å². The fraction of sp³-hybridized carbons (Fsp3) is 0.533. The van der Waals surface area contributed by atoms with Crippen molar-refractivity contribution in [2.24, 2.45) is 0 Å². The maximum Gasteiger partial charge on any atom is 0.220 e. The smallest absolute Gasteiger partial charge is 0.220 e. The maximum atomic E-state index is 13.4. The van der Waals surface area contributed by atoms with E-state index in [1.54, 1.807) is 18.2 Å². The van der Waals surface area contributed by atoms with Crippen molar-refractivity contribution in [1.29, 1.82) is 0 Å². The molecule has 0 unspecified atom stereocenters. The van der Waals surface area contributed by atoms with Gasteiger partial charge in [0.15, 0.2) is 0 Å². The molecule has 1 aliphatic rings. The van der Waals surface area contributed by atoms with Crippen LogP contribution >= 0.6 is 0 Å². The summed E-state index contributed by atoms with van der Waals surface area (Å²) < 4.78 is 13.4. The first-order valence-electron chi connectivity index (χ1n) is 6.78. The van der Waals surface area contributed by atoms with Gasteiger partial charge in [-0.3, -0.25) is 4.79 Å². The lowest BCUT2D eigenvalue weighted by atomic mass is 9.95. The van der Waals surface area contributed by atoms with Gasteiger partial charge in [-0.15, -0.1) is 0 Å². The molecule has 0 bridgehead atoms. The Morgan fingerprint density at radius 2 is 1.94 bits per heavy atom. The van der Waals surface area contributed by atoms with Gasteiger partial charge < -0.3 is 5.32 Å². The van der Waals surface area contributed by atoms with Crippen molar-refractivity contribution in [2.45, 2.75) is 51.0 Å². The first kappa shape index (κ1) is 13.1. The number of hydrogen-bond acceptors (Lipinski definition) is 1. The van der Waals surface area contributed by atoms with Gasteiger partial charge in [0.1, 0.15) is 5.82 Å². The Bertz CT molecular complexity index is 399. The first-order chi connectivity index (χ1) is 8.75. The third-order valence-electron chi connectivity index (χ3n) is 3.55. The molecule has 0 heterocycles. The topological polar surface area (TPSA) is 29.1 Å². The minimum atomic E-state index is -0.219. The van der Waals surface area contributed by atoms with Crippen molar-refractivity contribution < 1.29 is 9.18 Å². The number of nitrogens with one attached hydrogen (secondary N) is 1. The molecule has 3 heteroatoms.